The Labute approximate surface area is 227 Å². The number of rotatable bonds is 7. The molecule has 9 nitrogen and oxygen atoms in total. The number of nitrogens with one attached hydrogen (secondary N) is 1. The number of azo groups is 1. The van der Waals surface area contributed by atoms with Crippen molar-refractivity contribution in [3.8, 4) is 17.4 Å². The number of aromatic nitrogens is 1. The van der Waals surface area contributed by atoms with Crippen molar-refractivity contribution >= 4 is 50.4 Å². The zero-order chi connectivity index (χ0) is 27.4. The molecule has 0 spiro atoms. The molecule has 10 heteroatoms. The summed E-state index contributed by atoms with van der Waals surface area (Å²) >= 11 is 3.46. The molecule has 2 N–H and O–H groups in total. The van der Waals surface area contributed by atoms with Crippen molar-refractivity contribution in [1.82, 2.24) is 9.88 Å². The molecule has 0 aliphatic carbocycles. The van der Waals surface area contributed by atoms with Gasteiger partial charge in [-0.15, -0.1) is 10.2 Å². The molecule has 0 fully saturated rings. The number of benzene rings is 3. The molecule has 0 bridgehead atoms. The van der Waals surface area contributed by atoms with Crippen LogP contribution in [-0.4, -0.2) is 35.7 Å². The van der Waals surface area contributed by atoms with Gasteiger partial charge in [-0.25, -0.2) is 0 Å². The number of methoxy groups -OCH3 is 2. The van der Waals surface area contributed by atoms with Crippen molar-refractivity contribution < 1.29 is 24.2 Å². The summed E-state index contributed by atoms with van der Waals surface area (Å²) in [4.78, 5) is 26.2. The van der Waals surface area contributed by atoms with Gasteiger partial charge in [0.1, 0.15) is 17.2 Å². The molecule has 4 rings (SSSR count). The number of carbonyl (C=O) groups excluding carboxylic acids is 2. The van der Waals surface area contributed by atoms with E-state index in [-0.39, 0.29) is 17.3 Å². The number of fused-ring (bicyclic) bond motifs is 1. The monoisotopic (exact) mass is 576 g/mol. The summed E-state index contributed by atoms with van der Waals surface area (Å²) in [7, 11) is 4.70. The molecule has 1 heterocycles. The zero-order valence-electron chi connectivity index (χ0n) is 21.2. The zero-order valence-corrected chi connectivity index (χ0v) is 22.7. The number of ether oxygens (including phenoxy) is 2. The molecule has 4 aromatic rings. The predicted molar refractivity (Wildman–Crippen MR) is 148 cm³/mol. The van der Waals surface area contributed by atoms with Crippen molar-refractivity contribution in [3.63, 3.8) is 0 Å². The maximum absolute atomic E-state index is 13.3. The van der Waals surface area contributed by atoms with E-state index < -0.39 is 11.8 Å². The van der Waals surface area contributed by atoms with Crippen LogP contribution in [0.5, 0.6) is 17.4 Å². The van der Waals surface area contributed by atoms with E-state index in [0.717, 1.165) is 15.6 Å². The van der Waals surface area contributed by atoms with Gasteiger partial charge in [-0.05, 0) is 61.0 Å². The third-order valence-electron chi connectivity index (χ3n) is 5.88. The Morgan fingerprint density at radius 3 is 2.47 bits per heavy atom. The Morgan fingerprint density at radius 1 is 1.05 bits per heavy atom. The lowest BCUT2D eigenvalue weighted by molar-refractivity contribution is -0.115. The highest BCUT2D eigenvalue weighted by atomic mass is 79.9. The van der Waals surface area contributed by atoms with Gasteiger partial charge in [-0.1, -0.05) is 34.1 Å². The Morgan fingerprint density at radius 2 is 1.79 bits per heavy atom. The normalized spacial score (nSPS) is 11.7. The van der Waals surface area contributed by atoms with Crippen LogP contribution < -0.4 is 14.8 Å². The van der Waals surface area contributed by atoms with Crippen LogP contribution in [-0.2, 0) is 11.8 Å². The molecule has 0 aliphatic heterocycles. The fourth-order valence-corrected chi connectivity index (χ4v) is 4.61. The van der Waals surface area contributed by atoms with Crippen molar-refractivity contribution in [1.29, 1.82) is 0 Å². The summed E-state index contributed by atoms with van der Waals surface area (Å²) < 4.78 is 13.1. The first-order valence-electron chi connectivity index (χ1n) is 11.5. The molecule has 38 heavy (non-hydrogen) atoms. The van der Waals surface area contributed by atoms with Crippen LogP contribution >= 0.6 is 15.9 Å². The Kier molecular flexibility index (Phi) is 7.92. The summed E-state index contributed by atoms with van der Waals surface area (Å²) in [5.41, 5.74) is 2.47. The second-order valence-electron chi connectivity index (χ2n) is 8.34. The van der Waals surface area contributed by atoms with Gasteiger partial charge in [0, 0.05) is 28.0 Å². The van der Waals surface area contributed by atoms with Gasteiger partial charge in [0.15, 0.2) is 5.69 Å². The van der Waals surface area contributed by atoms with Crippen LogP contribution in [0.25, 0.3) is 17.0 Å². The molecular weight excluding hydrogens is 552 g/mol. The highest BCUT2D eigenvalue weighted by Gasteiger charge is 2.19. The second kappa shape index (κ2) is 11.3. The van der Waals surface area contributed by atoms with Crippen molar-refractivity contribution in [2.24, 2.45) is 17.3 Å². The van der Waals surface area contributed by atoms with Crippen LogP contribution in [0, 0.1) is 6.92 Å². The predicted octanol–water partition coefficient (Wildman–Crippen LogP) is 6.05. The third kappa shape index (κ3) is 5.45. The quantitative estimate of drug-likeness (QED) is 0.205. The van der Waals surface area contributed by atoms with Crippen molar-refractivity contribution in [3.05, 3.63) is 87.5 Å². The average molecular weight is 577 g/mol. The second-order valence-corrected chi connectivity index (χ2v) is 9.26. The van der Waals surface area contributed by atoms with Crippen LogP contribution in [0.2, 0.25) is 0 Å². The van der Waals surface area contributed by atoms with Gasteiger partial charge in [0.05, 0.1) is 19.7 Å². The number of hydrogen-bond donors (Lipinski definition) is 2. The van der Waals surface area contributed by atoms with Crippen LogP contribution in [0.1, 0.15) is 21.5 Å². The molecule has 3 aromatic carbocycles. The number of carbonyl (C=O) groups is 2. The maximum Gasteiger partial charge on any atom is 0.311 e. The molecule has 2 amide bonds. The number of halogens is 1. The standard InChI is InChI=1S/C28H25BrN4O5/c1-16-12-19(29)15-21-24(28(36)33(2)25(16)21)31-32-27(35)22(30-26(34)17-8-6-5-7-9-17)14-18-13-20(37-3)10-11-23(18)38-4/h5-15,36H,1-4H3,(H,30,34). The lowest BCUT2D eigenvalue weighted by Crippen LogP contribution is -2.26. The Hall–Kier alpha value is -4.44. The maximum atomic E-state index is 13.3. The van der Waals surface area contributed by atoms with E-state index in [0.29, 0.717) is 28.0 Å². The first-order valence-corrected chi connectivity index (χ1v) is 12.3. The van der Waals surface area contributed by atoms with E-state index >= 15 is 0 Å². The van der Waals surface area contributed by atoms with E-state index in [1.54, 1.807) is 66.2 Å². The van der Waals surface area contributed by atoms with Crippen molar-refractivity contribution in [2.45, 2.75) is 6.92 Å². The minimum atomic E-state index is -0.831. The highest BCUT2D eigenvalue weighted by Crippen LogP contribution is 2.40. The van der Waals surface area contributed by atoms with E-state index in [1.807, 2.05) is 13.0 Å². The van der Waals surface area contributed by atoms with Crippen molar-refractivity contribution in [2.75, 3.05) is 14.2 Å². The van der Waals surface area contributed by atoms with Gasteiger partial charge < -0.3 is 24.5 Å². The number of amides is 2. The van der Waals surface area contributed by atoms with Crippen LogP contribution in [0.4, 0.5) is 5.69 Å². The molecule has 0 radical (unpaired) electrons. The van der Waals surface area contributed by atoms with Gasteiger partial charge in [0.25, 0.3) is 5.91 Å². The third-order valence-corrected chi connectivity index (χ3v) is 6.34. The Bertz CT molecular complexity index is 1590. The van der Waals surface area contributed by atoms with Gasteiger partial charge in [-0.2, -0.15) is 0 Å². The number of aromatic hydroxyl groups is 1. The molecule has 194 valence electrons. The summed E-state index contributed by atoms with van der Waals surface area (Å²) in [5.74, 6) is -0.501. The molecule has 0 saturated heterocycles. The molecule has 0 saturated carbocycles. The molecular formula is C28H25BrN4O5. The van der Waals surface area contributed by atoms with Gasteiger partial charge in [-0.3, -0.25) is 9.59 Å². The largest absolute Gasteiger partial charge is 0.497 e. The first kappa shape index (κ1) is 26.6. The first-order chi connectivity index (χ1) is 18.2. The van der Waals surface area contributed by atoms with E-state index in [2.05, 4.69) is 31.5 Å². The fraction of sp³-hybridized carbons (Fsp3) is 0.143. The molecule has 1 aromatic heterocycles. The minimum Gasteiger partial charge on any atom is -0.497 e. The topological polar surface area (TPSA) is 115 Å². The van der Waals surface area contributed by atoms with Crippen LogP contribution in [0.15, 0.2) is 81.1 Å². The molecule has 0 atom stereocenters. The fourth-order valence-electron chi connectivity index (χ4n) is 4.04. The van der Waals surface area contributed by atoms with Gasteiger partial charge >= 0.3 is 5.91 Å². The molecule has 0 aliphatic rings. The Balaban J connectivity index is 1.78. The van der Waals surface area contributed by atoms with E-state index in [4.69, 9.17) is 9.47 Å². The summed E-state index contributed by atoms with van der Waals surface area (Å²) in [5, 5.41) is 21.9. The summed E-state index contributed by atoms with van der Waals surface area (Å²) in [6.07, 6.45) is 1.44. The van der Waals surface area contributed by atoms with E-state index in [1.165, 1.54) is 20.3 Å². The summed E-state index contributed by atoms with van der Waals surface area (Å²) in [6, 6.07) is 17.2. The number of hydrogen-bond acceptors (Lipinski definition) is 6. The van der Waals surface area contributed by atoms with E-state index in [9.17, 15) is 14.7 Å². The minimum absolute atomic E-state index is 0.132. The average Bonchev–Trinajstić information content (AvgIpc) is 3.15. The smallest absolute Gasteiger partial charge is 0.311 e. The van der Waals surface area contributed by atoms with Gasteiger partial charge in [0.2, 0.25) is 5.88 Å². The summed E-state index contributed by atoms with van der Waals surface area (Å²) in [6.45, 7) is 1.90. The highest BCUT2D eigenvalue weighted by molar-refractivity contribution is 9.10. The lowest BCUT2D eigenvalue weighted by atomic mass is 10.1. The number of nitrogens with zero attached hydrogens (tertiary/aromatic N) is 3. The lowest BCUT2D eigenvalue weighted by Gasteiger charge is -2.10. The SMILES string of the molecule is COc1ccc(OC)c(C=C(NC(=O)c2ccccc2)C(=O)N=Nc2c(O)n(C)c3c(C)cc(Br)cc23)c1. The van der Waals surface area contributed by atoms with Crippen LogP contribution in [0.3, 0.4) is 0 Å². The number of aryl methyl sites for hydroxylation is 2. The molecule has 0 unspecified atom stereocenters.